The summed E-state index contributed by atoms with van der Waals surface area (Å²) in [6.45, 7) is 0. The van der Waals surface area contributed by atoms with Gasteiger partial charge in [0, 0.05) is 4.90 Å². The number of hydrogen-bond acceptors (Lipinski definition) is 6. The Morgan fingerprint density at radius 1 is 1.14 bits per heavy atom. The molecular formula is C14H12N4O2S. The maximum atomic E-state index is 9.61. The van der Waals surface area contributed by atoms with Crippen LogP contribution in [0.5, 0.6) is 11.5 Å². The van der Waals surface area contributed by atoms with Gasteiger partial charge in [-0.15, -0.1) is 5.10 Å². The highest BCUT2D eigenvalue weighted by molar-refractivity contribution is 7.99. The maximum Gasteiger partial charge on any atom is 0.218 e. The number of rotatable bonds is 4. The van der Waals surface area contributed by atoms with Gasteiger partial charge < -0.3 is 9.84 Å². The van der Waals surface area contributed by atoms with Gasteiger partial charge in [0.15, 0.2) is 11.5 Å². The Labute approximate surface area is 125 Å². The van der Waals surface area contributed by atoms with Crippen LogP contribution in [0.4, 0.5) is 0 Å². The number of aromatic hydroxyl groups is 1. The lowest BCUT2D eigenvalue weighted by Gasteiger charge is -2.06. The van der Waals surface area contributed by atoms with Gasteiger partial charge >= 0.3 is 0 Å². The van der Waals surface area contributed by atoms with Crippen molar-refractivity contribution < 1.29 is 9.84 Å². The Morgan fingerprint density at radius 3 is 2.71 bits per heavy atom. The molecule has 1 aromatic heterocycles. The molecule has 0 bridgehead atoms. The van der Waals surface area contributed by atoms with Crippen LogP contribution in [-0.2, 0) is 0 Å². The van der Waals surface area contributed by atoms with Gasteiger partial charge in [-0.2, -0.15) is 4.68 Å². The minimum Gasteiger partial charge on any atom is -0.504 e. The summed E-state index contributed by atoms with van der Waals surface area (Å²) in [5, 5.41) is 22.0. The molecule has 0 saturated carbocycles. The van der Waals surface area contributed by atoms with Gasteiger partial charge in [0.25, 0.3) is 0 Å². The molecule has 21 heavy (non-hydrogen) atoms. The lowest BCUT2D eigenvalue weighted by atomic mass is 10.3. The van der Waals surface area contributed by atoms with E-state index in [1.165, 1.54) is 18.9 Å². The third kappa shape index (κ3) is 2.82. The molecule has 0 aliphatic carbocycles. The molecule has 3 rings (SSSR count). The van der Waals surface area contributed by atoms with E-state index in [1.807, 2.05) is 30.3 Å². The van der Waals surface area contributed by atoms with Crippen molar-refractivity contribution in [2.45, 2.75) is 10.1 Å². The molecular weight excluding hydrogens is 288 g/mol. The fraction of sp³-hybridized carbons (Fsp3) is 0.0714. The standard InChI is InChI=1S/C14H12N4O2S/c1-20-13-9-11(7-8-12(13)19)21-14-15-16-17-18(14)10-5-3-2-4-6-10/h2-9,19H,1H3. The van der Waals surface area contributed by atoms with Gasteiger partial charge in [0.2, 0.25) is 5.16 Å². The molecule has 0 radical (unpaired) electrons. The summed E-state index contributed by atoms with van der Waals surface area (Å²) in [4.78, 5) is 0.872. The SMILES string of the molecule is COc1cc(Sc2nnnn2-c2ccccc2)ccc1O. The van der Waals surface area contributed by atoms with E-state index in [0.29, 0.717) is 10.9 Å². The van der Waals surface area contributed by atoms with Crippen LogP contribution in [-0.4, -0.2) is 32.4 Å². The Kier molecular flexibility index (Phi) is 3.74. The number of nitrogens with zero attached hydrogens (tertiary/aromatic N) is 4. The molecule has 0 amide bonds. The first-order valence-corrected chi connectivity index (χ1v) is 6.98. The van der Waals surface area contributed by atoms with E-state index < -0.39 is 0 Å². The monoisotopic (exact) mass is 300 g/mol. The minimum absolute atomic E-state index is 0.101. The number of tetrazole rings is 1. The number of ether oxygens (including phenoxy) is 1. The fourth-order valence-electron chi connectivity index (χ4n) is 1.80. The zero-order valence-electron chi connectivity index (χ0n) is 11.2. The summed E-state index contributed by atoms with van der Waals surface area (Å²) >= 11 is 1.39. The first-order valence-electron chi connectivity index (χ1n) is 6.16. The molecule has 0 atom stereocenters. The molecule has 106 valence electrons. The van der Waals surface area contributed by atoms with Gasteiger partial charge in [-0.3, -0.25) is 0 Å². The summed E-state index contributed by atoms with van der Waals surface area (Å²) in [6.07, 6.45) is 0. The number of phenolic OH excluding ortho intramolecular Hbond substituents is 1. The number of hydrogen-bond donors (Lipinski definition) is 1. The van der Waals surface area contributed by atoms with Gasteiger partial charge in [0.1, 0.15) is 0 Å². The summed E-state index contributed by atoms with van der Waals surface area (Å²) in [6, 6.07) is 14.7. The fourth-order valence-corrected chi connectivity index (χ4v) is 2.62. The van der Waals surface area contributed by atoms with Gasteiger partial charge in [0.05, 0.1) is 12.8 Å². The van der Waals surface area contributed by atoms with Crippen molar-refractivity contribution in [3.63, 3.8) is 0 Å². The number of methoxy groups -OCH3 is 1. The van der Waals surface area contributed by atoms with Gasteiger partial charge in [-0.1, -0.05) is 18.2 Å². The molecule has 1 heterocycles. The number of phenols is 1. The molecule has 3 aromatic rings. The van der Waals surface area contributed by atoms with E-state index in [2.05, 4.69) is 15.5 Å². The topological polar surface area (TPSA) is 73.1 Å². The van der Waals surface area contributed by atoms with Crippen molar-refractivity contribution >= 4 is 11.8 Å². The van der Waals surface area contributed by atoms with Crippen molar-refractivity contribution in [2.24, 2.45) is 0 Å². The summed E-state index contributed by atoms with van der Waals surface area (Å²) in [5.74, 6) is 0.517. The quantitative estimate of drug-likeness (QED) is 0.798. The van der Waals surface area contributed by atoms with Crippen LogP contribution >= 0.6 is 11.8 Å². The summed E-state index contributed by atoms with van der Waals surface area (Å²) in [7, 11) is 1.51. The molecule has 6 nitrogen and oxygen atoms in total. The van der Waals surface area contributed by atoms with E-state index in [9.17, 15) is 5.11 Å². The van der Waals surface area contributed by atoms with Crippen molar-refractivity contribution in [1.82, 2.24) is 20.2 Å². The van der Waals surface area contributed by atoms with Crippen LogP contribution in [0.1, 0.15) is 0 Å². The van der Waals surface area contributed by atoms with Crippen LogP contribution in [0.25, 0.3) is 5.69 Å². The van der Waals surface area contributed by atoms with Crippen LogP contribution in [0, 0.1) is 0 Å². The van der Waals surface area contributed by atoms with Crippen LogP contribution < -0.4 is 4.74 Å². The van der Waals surface area contributed by atoms with Crippen LogP contribution in [0.2, 0.25) is 0 Å². The highest BCUT2D eigenvalue weighted by atomic mass is 32.2. The Hall–Kier alpha value is -2.54. The molecule has 0 saturated heterocycles. The van der Waals surface area contributed by atoms with E-state index >= 15 is 0 Å². The van der Waals surface area contributed by atoms with E-state index in [-0.39, 0.29) is 5.75 Å². The van der Waals surface area contributed by atoms with E-state index in [0.717, 1.165) is 10.6 Å². The van der Waals surface area contributed by atoms with Crippen LogP contribution in [0.15, 0.2) is 58.6 Å². The summed E-state index contributed by atoms with van der Waals surface area (Å²) < 4.78 is 6.75. The molecule has 0 unspecified atom stereocenters. The molecule has 0 fully saturated rings. The lowest BCUT2D eigenvalue weighted by molar-refractivity contribution is 0.372. The van der Waals surface area contributed by atoms with Crippen molar-refractivity contribution in [2.75, 3.05) is 7.11 Å². The second-order valence-electron chi connectivity index (χ2n) is 4.14. The molecule has 7 heteroatoms. The predicted octanol–water partition coefficient (Wildman–Crippen LogP) is 2.53. The average Bonchev–Trinajstić information content (AvgIpc) is 2.98. The predicted molar refractivity (Wildman–Crippen MR) is 77.9 cm³/mol. The van der Waals surface area contributed by atoms with Gasteiger partial charge in [-0.05, 0) is 52.5 Å². The van der Waals surface area contributed by atoms with Gasteiger partial charge in [-0.25, -0.2) is 0 Å². The second-order valence-corrected chi connectivity index (χ2v) is 5.19. The number of para-hydroxylation sites is 1. The largest absolute Gasteiger partial charge is 0.504 e. The van der Waals surface area contributed by atoms with Crippen molar-refractivity contribution in [3.8, 4) is 17.2 Å². The van der Waals surface area contributed by atoms with E-state index in [1.54, 1.807) is 22.9 Å². The zero-order valence-corrected chi connectivity index (χ0v) is 12.0. The Balaban J connectivity index is 1.91. The molecule has 2 aromatic carbocycles. The normalized spacial score (nSPS) is 10.5. The zero-order chi connectivity index (χ0) is 14.7. The first kappa shape index (κ1) is 13.4. The average molecular weight is 300 g/mol. The number of benzene rings is 2. The van der Waals surface area contributed by atoms with E-state index in [4.69, 9.17) is 4.74 Å². The lowest BCUT2D eigenvalue weighted by Crippen LogP contribution is -1.98. The first-order chi connectivity index (χ1) is 10.3. The maximum absolute atomic E-state index is 9.61. The molecule has 0 spiro atoms. The molecule has 1 N–H and O–H groups in total. The number of aromatic nitrogens is 4. The third-order valence-corrected chi connectivity index (χ3v) is 3.73. The second kappa shape index (κ2) is 5.84. The Morgan fingerprint density at radius 2 is 1.95 bits per heavy atom. The smallest absolute Gasteiger partial charge is 0.218 e. The molecule has 0 aliphatic rings. The highest BCUT2D eigenvalue weighted by Crippen LogP contribution is 2.34. The van der Waals surface area contributed by atoms with Crippen molar-refractivity contribution in [3.05, 3.63) is 48.5 Å². The van der Waals surface area contributed by atoms with Crippen LogP contribution in [0.3, 0.4) is 0 Å². The minimum atomic E-state index is 0.101. The summed E-state index contributed by atoms with van der Waals surface area (Å²) in [5.41, 5.74) is 0.885. The molecule has 0 aliphatic heterocycles. The Bertz CT molecular complexity index is 746. The third-order valence-electron chi connectivity index (χ3n) is 2.80. The van der Waals surface area contributed by atoms with Crippen molar-refractivity contribution in [1.29, 1.82) is 0 Å². The highest BCUT2D eigenvalue weighted by Gasteiger charge is 2.11.